The number of hydrogen-bond acceptors (Lipinski definition) is 5. The summed E-state index contributed by atoms with van der Waals surface area (Å²) in [5.74, 6) is -1.87. The lowest BCUT2D eigenvalue weighted by molar-refractivity contribution is -0.181. The SMILES string of the molecule is CCOC(=O)C1C(=O)CCC12Oc1cccc3cccc(c13)O2. The molecule has 2 aliphatic rings. The van der Waals surface area contributed by atoms with E-state index in [4.69, 9.17) is 14.2 Å². The van der Waals surface area contributed by atoms with E-state index in [2.05, 4.69) is 0 Å². The Balaban J connectivity index is 1.82. The normalized spacial score (nSPS) is 21.1. The summed E-state index contributed by atoms with van der Waals surface area (Å²) < 4.78 is 17.2. The Bertz CT molecular complexity index is 769. The molecule has 1 aliphatic carbocycles. The summed E-state index contributed by atoms with van der Waals surface area (Å²) in [4.78, 5) is 24.5. The summed E-state index contributed by atoms with van der Waals surface area (Å²) in [6.07, 6.45) is 0.571. The van der Waals surface area contributed by atoms with Crippen molar-refractivity contribution < 1.29 is 23.8 Å². The van der Waals surface area contributed by atoms with Crippen molar-refractivity contribution in [2.45, 2.75) is 25.6 Å². The van der Waals surface area contributed by atoms with Crippen LogP contribution in [0.5, 0.6) is 11.5 Å². The molecule has 0 aromatic heterocycles. The van der Waals surface area contributed by atoms with Gasteiger partial charge in [-0.2, -0.15) is 0 Å². The highest BCUT2D eigenvalue weighted by Gasteiger charge is 2.59. The van der Waals surface area contributed by atoms with Crippen molar-refractivity contribution in [1.29, 1.82) is 0 Å². The van der Waals surface area contributed by atoms with Gasteiger partial charge in [-0.25, -0.2) is 0 Å². The monoisotopic (exact) mass is 312 g/mol. The first kappa shape index (κ1) is 14.1. The van der Waals surface area contributed by atoms with E-state index in [9.17, 15) is 9.59 Å². The van der Waals surface area contributed by atoms with E-state index in [1.807, 2.05) is 36.4 Å². The van der Waals surface area contributed by atoms with E-state index in [1.54, 1.807) is 6.92 Å². The van der Waals surface area contributed by atoms with Crippen LogP contribution in [0.15, 0.2) is 36.4 Å². The first-order valence-electron chi connectivity index (χ1n) is 7.74. The quantitative estimate of drug-likeness (QED) is 0.630. The van der Waals surface area contributed by atoms with Crippen molar-refractivity contribution in [2.75, 3.05) is 6.61 Å². The van der Waals surface area contributed by atoms with Crippen LogP contribution in [0, 0.1) is 5.92 Å². The number of hydrogen-bond donors (Lipinski definition) is 0. The average Bonchev–Trinajstić information content (AvgIpc) is 2.84. The summed E-state index contributed by atoms with van der Waals surface area (Å²) in [6.45, 7) is 1.92. The molecule has 1 atom stereocenters. The molecule has 1 fully saturated rings. The smallest absolute Gasteiger partial charge is 0.324 e. The minimum atomic E-state index is -1.30. The van der Waals surface area contributed by atoms with Gasteiger partial charge in [0.15, 0.2) is 11.7 Å². The first-order valence-corrected chi connectivity index (χ1v) is 7.74. The molecule has 118 valence electrons. The summed E-state index contributed by atoms with van der Waals surface area (Å²) in [7, 11) is 0. The minimum absolute atomic E-state index is 0.199. The molecule has 1 spiro atoms. The van der Waals surface area contributed by atoms with Crippen LogP contribution in [0.4, 0.5) is 0 Å². The van der Waals surface area contributed by atoms with Gasteiger partial charge in [-0.3, -0.25) is 9.59 Å². The standard InChI is InChI=1S/C18H16O5/c1-2-21-17(20)16-12(19)9-10-18(16)22-13-7-3-5-11-6-4-8-14(23-18)15(11)13/h3-8,16H,2,9-10H2,1H3. The third-order valence-corrected chi connectivity index (χ3v) is 4.40. The van der Waals surface area contributed by atoms with Gasteiger partial charge < -0.3 is 14.2 Å². The van der Waals surface area contributed by atoms with Crippen LogP contribution < -0.4 is 9.47 Å². The van der Waals surface area contributed by atoms with Gasteiger partial charge in [-0.1, -0.05) is 24.3 Å². The second-order valence-electron chi connectivity index (χ2n) is 5.78. The molecule has 0 N–H and O–H groups in total. The first-order chi connectivity index (χ1) is 11.1. The van der Waals surface area contributed by atoms with Crippen molar-refractivity contribution in [1.82, 2.24) is 0 Å². The van der Waals surface area contributed by atoms with Crippen LogP contribution in [-0.2, 0) is 14.3 Å². The van der Waals surface area contributed by atoms with E-state index >= 15 is 0 Å². The van der Waals surface area contributed by atoms with E-state index in [0.717, 1.165) is 10.8 Å². The maximum atomic E-state index is 12.3. The molecule has 1 heterocycles. The van der Waals surface area contributed by atoms with Gasteiger partial charge in [0.1, 0.15) is 11.5 Å². The van der Waals surface area contributed by atoms with Crippen molar-refractivity contribution >= 4 is 22.5 Å². The van der Waals surface area contributed by atoms with E-state index in [1.165, 1.54) is 0 Å². The van der Waals surface area contributed by atoms with Gasteiger partial charge in [-0.05, 0) is 24.4 Å². The molecule has 2 aromatic rings. The van der Waals surface area contributed by atoms with E-state index in [0.29, 0.717) is 17.9 Å². The maximum absolute atomic E-state index is 12.3. The third-order valence-electron chi connectivity index (χ3n) is 4.40. The number of esters is 1. The fourth-order valence-corrected chi connectivity index (χ4v) is 3.42. The average molecular weight is 312 g/mol. The zero-order valence-electron chi connectivity index (χ0n) is 12.7. The van der Waals surface area contributed by atoms with Crippen LogP contribution in [0.25, 0.3) is 10.8 Å². The predicted octanol–water partition coefficient (Wildman–Crippen LogP) is 2.85. The number of benzene rings is 2. The van der Waals surface area contributed by atoms with Gasteiger partial charge in [0.2, 0.25) is 0 Å². The molecule has 0 bridgehead atoms. The van der Waals surface area contributed by atoms with E-state index < -0.39 is 17.7 Å². The highest BCUT2D eigenvalue weighted by Crippen LogP contribution is 2.48. The molecule has 0 saturated heterocycles. The van der Waals surface area contributed by atoms with Gasteiger partial charge in [-0.15, -0.1) is 0 Å². The van der Waals surface area contributed by atoms with Gasteiger partial charge in [0, 0.05) is 12.8 Å². The fourth-order valence-electron chi connectivity index (χ4n) is 3.42. The molecule has 0 radical (unpaired) electrons. The Morgan fingerprint density at radius 2 is 1.87 bits per heavy atom. The van der Waals surface area contributed by atoms with Gasteiger partial charge in [0.05, 0.1) is 12.0 Å². The number of ether oxygens (including phenoxy) is 3. The van der Waals surface area contributed by atoms with Crippen LogP contribution in [0.1, 0.15) is 19.8 Å². The largest absolute Gasteiger partial charge is 0.465 e. The van der Waals surface area contributed by atoms with Crippen LogP contribution in [0.2, 0.25) is 0 Å². The fraction of sp³-hybridized carbons (Fsp3) is 0.333. The summed E-state index contributed by atoms with van der Waals surface area (Å²) >= 11 is 0. The second kappa shape index (κ2) is 4.98. The molecule has 1 saturated carbocycles. The Kier molecular flexibility index (Phi) is 3.04. The van der Waals surface area contributed by atoms with Crippen LogP contribution in [0.3, 0.4) is 0 Å². The van der Waals surface area contributed by atoms with Crippen molar-refractivity contribution in [3.63, 3.8) is 0 Å². The Morgan fingerprint density at radius 1 is 1.22 bits per heavy atom. The van der Waals surface area contributed by atoms with Crippen molar-refractivity contribution in [3.05, 3.63) is 36.4 Å². The van der Waals surface area contributed by atoms with Gasteiger partial charge in [0.25, 0.3) is 5.79 Å². The lowest BCUT2D eigenvalue weighted by Crippen LogP contribution is -2.52. The predicted molar refractivity (Wildman–Crippen MR) is 82.3 cm³/mol. The molecule has 23 heavy (non-hydrogen) atoms. The van der Waals surface area contributed by atoms with Crippen molar-refractivity contribution in [3.8, 4) is 11.5 Å². The minimum Gasteiger partial charge on any atom is -0.465 e. The molecular weight excluding hydrogens is 296 g/mol. The highest BCUT2D eigenvalue weighted by atomic mass is 16.7. The number of Topliss-reactive ketones (excluding diaryl/α,β-unsaturated/α-hetero) is 1. The van der Waals surface area contributed by atoms with Crippen molar-refractivity contribution in [2.24, 2.45) is 5.92 Å². The van der Waals surface area contributed by atoms with Crippen LogP contribution >= 0.6 is 0 Å². The molecule has 4 rings (SSSR count). The molecule has 5 nitrogen and oxygen atoms in total. The summed E-state index contributed by atoms with van der Waals surface area (Å²) in [6, 6.07) is 11.4. The molecular formula is C18H16O5. The molecule has 0 amide bonds. The molecule has 1 unspecified atom stereocenters. The number of ketones is 1. The lowest BCUT2D eigenvalue weighted by Gasteiger charge is -2.38. The Hall–Kier alpha value is -2.56. The lowest BCUT2D eigenvalue weighted by atomic mass is 9.99. The Labute approximate surface area is 133 Å². The molecule has 5 heteroatoms. The zero-order valence-corrected chi connectivity index (χ0v) is 12.7. The topological polar surface area (TPSA) is 61.8 Å². The number of rotatable bonds is 2. The number of carbonyl (C=O) groups excluding carboxylic acids is 2. The summed E-state index contributed by atoms with van der Waals surface area (Å²) in [5.41, 5.74) is 0. The molecule has 1 aliphatic heterocycles. The third kappa shape index (κ3) is 2.00. The maximum Gasteiger partial charge on any atom is 0.324 e. The van der Waals surface area contributed by atoms with Gasteiger partial charge >= 0.3 is 5.97 Å². The molecule has 2 aromatic carbocycles. The second-order valence-corrected chi connectivity index (χ2v) is 5.78. The van der Waals surface area contributed by atoms with E-state index in [-0.39, 0.29) is 18.8 Å². The highest BCUT2D eigenvalue weighted by molar-refractivity contribution is 6.03. The van der Waals surface area contributed by atoms with Crippen LogP contribution in [-0.4, -0.2) is 24.1 Å². The Morgan fingerprint density at radius 3 is 2.48 bits per heavy atom. The summed E-state index contributed by atoms with van der Waals surface area (Å²) in [5, 5.41) is 1.86. The zero-order chi connectivity index (χ0) is 16.0. The number of carbonyl (C=O) groups is 2.